The predicted octanol–water partition coefficient (Wildman–Crippen LogP) is 1.69. The Morgan fingerprint density at radius 1 is 1.14 bits per heavy atom. The topological polar surface area (TPSA) is 67.4 Å². The van der Waals surface area contributed by atoms with Crippen LogP contribution in [0.4, 0.5) is 0 Å². The van der Waals surface area contributed by atoms with Gasteiger partial charge in [-0.3, -0.25) is 9.59 Å². The van der Waals surface area contributed by atoms with Crippen molar-refractivity contribution in [3.63, 3.8) is 0 Å². The molecule has 0 aliphatic carbocycles. The van der Waals surface area contributed by atoms with Crippen LogP contribution in [0.1, 0.15) is 11.6 Å². The summed E-state index contributed by atoms with van der Waals surface area (Å²) >= 11 is 2.91. The van der Waals surface area contributed by atoms with Crippen molar-refractivity contribution >= 4 is 35.3 Å². The molecule has 0 bridgehead atoms. The van der Waals surface area contributed by atoms with Crippen molar-refractivity contribution in [2.75, 3.05) is 37.7 Å². The molecule has 122 valence electrons. The second-order valence-corrected chi connectivity index (χ2v) is 6.26. The van der Waals surface area contributed by atoms with Crippen LogP contribution in [0.15, 0.2) is 24.3 Å². The average molecular weight is 342 g/mol. The number of methoxy groups -OCH3 is 1. The van der Waals surface area contributed by atoms with E-state index in [0.717, 1.165) is 5.56 Å². The molecule has 0 heterocycles. The van der Waals surface area contributed by atoms with Crippen LogP contribution >= 0.6 is 23.5 Å². The van der Waals surface area contributed by atoms with Gasteiger partial charge in [0.1, 0.15) is 5.75 Å². The first kappa shape index (κ1) is 18.7. The van der Waals surface area contributed by atoms with Crippen molar-refractivity contribution in [1.82, 2.24) is 10.6 Å². The number of carbonyl (C=O) groups is 2. The zero-order valence-corrected chi connectivity index (χ0v) is 14.7. The van der Waals surface area contributed by atoms with Crippen molar-refractivity contribution in [3.05, 3.63) is 29.8 Å². The minimum Gasteiger partial charge on any atom is -0.496 e. The summed E-state index contributed by atoms with van der Waals surface area (Å²) < 4.78 is 5.35. The van der Waals surface area contributed by atoms with Crippen molar-refractivity contribution in [2.24, 2.45) is 0 Å². The number of para-hydroxylation sites is 1. The van der Waals surface area contributed by atoms with Gasteiger partial charge in [-0.25, -0.2) is 0 Å². The zero-order valence-electron chi connectivity index (χ0n) is 13.0. The Bertz CT molecular complexity index is 497. The Balaban J connectivity index is 2.85. The van der Waals surface area contributed by atoms with Crippen LogP contribution < -0.4 is 15.4 Å². The largest absolute Gasteiger partial charge is 0.496 e. The third-order valence-electron chi connectivity index (χ3n) is 2.90. The number of amides is 2. The Kier molecular flexibility index (Phi) is 8.84. The summed E-state index contributed by atoms with van der Waals surface area (Å²) in [6.07, 6.45) is 3.75. The number of benzene rings is 1. The van der Waals surface area contributed by atoms with Crippen LogP contribution in [0, 0.1) is 0 Å². The lowest BCUT2D eigenvalue weighted by atomic mass is 10.1. The number of ether oxygens (including phenoxy) is 1. The molecule has 0 aliphatic rings. The lowest BCUT2D eigenvalue weighted by molar-refractivity contribution is -0.121. The molecule has 1 aromatic carbocycles. The van der Waals surface area contributed by atoms with Gasteiger partial charge in [-0.1, -0.05) is 18.2 Å². The summed E-state index contributed by atoms with van der Waals surface area (Å²) in [5.74, 6) is 1.35. The Hall–Kier alpha value is -1.34. The first-order valence-corrected chi connectivity index (χ1v) is 9.58. The van der Waals surface area contributed by atoms with Crippen molar-refractivity contribution in [1.29, 1.82) is 0 Å². The zero-order chi connectivity index (χ0) is 16.4. The Morgan fingerprint density at radius 3 is 2.41 bits per heavy atom. The molecule has 2 N–H and O–H groups in total. The maximum absolute atomic E-state index is 11.9. The highest BCUT2D eigenvalue weighted by Gasteiger charge is 2.18. The maximum atomic E-state index is 11.9. The molecule has 5 nitrogen and oxygen atoms in total. The molecule has 0 saturated carbocycles. The number of hydrogen-bond donors (Lipinski definition) is 2. The lowest BCUT2D eigenvalue weighted by Crippen LogP contribution is -2.39. The van der Waals surface area contributed by atoms with Crippen LogP contribution in [0.5, 0.6) is 5.75 Å². The monoisotopic (exact) mass is 342 g/mol. The fourth-order valence-electron chi connectivity index (χ4n) is 1.96. The van der Waals surface area contributed by atoms with Gasteiger partial charge < -0.3 is 15.4 Å². The second-order valence-electron chi connectivity index (χ2n) is 4.53. The van der Waals surface area contributed by atoms with Crippen LogP contribution in [-0.4, -0.2) is 49.5 Å². The van der Waals surface area contributed by atoms with Gasteiger partial charge in [-0.15, -0.1) is 0 Å². The summed E-state index contributed by atoms with van der Waals surface area (Å²) in [7, 11) is 1.59. The molecule has 0 unspecified atom stereocenters. The fraction of sp³-hybridized carbons (Fsp3) is 0.467. The van der Waals surface area contributed by atoms with Gasteiger partial charge >= 0.3 is 0 Å². The first-order valence-electron chi connectivity index (χ1n) is 6.79. The highest BCUT2D eigenvalue weighted by molar-refractivity contribution is 7.99. The molecule has 0 aromatic heterocycles. The van der Waals surface area contributed by atoms with Gasteiger partial charge in [0.2, 0.25) is 11.8 Å². The van der Waals surface area contributed by atoms with Gasteiger partial charge in [0.15, 0.2) is 0 Å². The van der Waals surface area contributed by atoms with E-state index in [2.05, 4.69) is 10.6 Å². The molecular formula is C15H22N2O3S2. The Morgan fingerprint density at radius 2 is 1.77 bits per heavy atom. The van der Waals surface area contributed by atoms with Crippen LogP contribution in [0.3, 0.4) is 0 Å². The quantitative estimate of drug-likeness (QED) is 0.715. The van der Waals surface area contributed by atoms with E-state index < -0.39 is 0 Å². The van der Waals surface area contributed by atoms with Crippen molar-refractivity contribution < 1.29 is 14.3 Å². The van der Waals surface area contributed by atoms with Crippen molar-refractivity contribution in [3.8, 4) is 5.75 Å². The number of nitrogens with one attached hydrogen (secondary N) is 2. The van der Waals surface area contributed by atoms with Gasteiger partial charge in [-0.05, 0) is 18.6 Å². The first-order chi connectivity index (χ1) is 10.6. The smallest absolute Gasteiger partial charge is 0.230 e. The SMILES string of the molecule is COc1ccccc1[C@@H](CNC(=O)CSC)NC(=O)CSC. The van der Waals surface area contributed by atoms with Crippen LogP contribution in [0.2, 0.25) is 0 Å². The van der Waals surface area contributed by atoms with E-state index in [1.54, 1.807) is 7.11 Å². The molecule has 7 heteroatoms. The molecule has 0 radical (unpaired) electrons. The average Bonchev–Trinajstić information content (AvgIpc) is 2.52. The summed E-state index contributed by atoms with van der Waals surface area (Å²) in [5, 5.41) is 5.79. The standard InChI is InChI=1S/C15H22N2O3S2/c1-20-13-7-5-4-6-11(13)12(17-15(19)10-22-3)8-16-14(18)9-21-2/h4-7,12H,8-10H2,1-3H3,(H,16,18)(H,17,19)/t12-/m1/s1. The maximum Gasteiger partial charge on any atom is 0.230 e. The molecule has 0 fully saturated rings. The second kappa shape index (κ2) is 10.4. The van der Waals surface area contributed by atoms with Gasteiger partial charge in [0.05, 0.1) is 24.7 Å². The highest BCUT2D eigenvalue weighted by Crippen LogP contribution is 2.24. The summed E-state index contributed by atoms with van der Waals surface area (Å²) in [6, 6.07) is 7.17. The lowest BCUT2D eigenvalue weighted by Gasteiger charge is -2.21. The highest BCUT2D eigenvalue weighted by atomic mass is 32.2. The van der Waals surface area contributed by atoms with E-state index in [9.17, 15) is 9.59 Å². The third-order valence-corrected chi connectivity index (χ3v) is 4.01. The predicted molar refractivity (Wildman–Crippen MR) is 93.7 cm³/mol. The number of thioether (sulfide) groups is 2. The fourth-order valence-corrected chi connectivity index (χ4v) is 2.67. The van der Waals surface area contributed by atoms with E-state index >= 15 is 0 Å². The number of carbonyl (C=O) groups excluding carboxylic acids is 2. The molecule has 0 aliphatic heterocycles. The minimum absolute atomic E-state index is 0.0495. The molecule has 1 rings (SSSR count). The molecule has 1 atom stereocenters. The van der Waals surface area contributed by atoms with Gasteiger partial charge in [-0.2, -0.15) is 23.5 Å². The third kappa shape index (κ3) is 6.19. The summed E-state index contributed by atoms with van der Waals surface area (Å²) in [4.78, 5) is 23.6. The molecule has 0 saturated heterocycles. The van der Waals surface area contributed by atoms with Gasteiger partial charge in [0.25, 0.3) is 0 Å². The molecule has 0 spiro atoms. The van der Waals surface area contributed by atoms with E-state index in [0.29, 0.717) is 23.8 Å². The van der Waals surface area contributed by atoms with E-state index in [4.69, 9.17) is 4.74 Å². The molecule has 1 aromatic rings. The normalized spacial score (nSPS) is 11.6. The number of rotatable bonds is 9. The Labute approximate surface area is 139 Å². The van der Waals surface area contributed by atoms with E-state index in [-0.39, 0.29) is 17.9 Å². The summed E-state index contributed by atoms with van der Waals surface area (Å²) in [6.45, 7) is 0.333. The minimum atomic E-state index is -0.318. The number of hydrogen-bond acceptors (Lipinski definition) is 5. The van der Waals surface area contributed by atoms with Gasteiger partial charge in [0, 0.05) is 12.1 Å². The van der Waals surface area contributed by atoms with E-state index in [1.807, 2.05) is 36.8 Å². The van der Waals surface area contributed by atoms with Crippen LogP contribution in [0.25, 0.3) is 0 Å². The molecular weight excluding hydrogens is 320 g/mol. The van der Waals surface area contributed by atoms with E-state index in [1.165, 1.54) is 23.5 Å². The molecule has 22 heavy (non-hydrogen) atoms. The summed E-state index contributed by atoms with van der Waals surface area (Å²) in [5.41, 5.74) is 0.851. The van der Waals surface area contributed by atoms with Crippen molar-refractivity contribution in [2.45, 2.75) is 6.04 Å². The van der Waals surface area contributed by atoms with Crippen LogP contribution in [-0.2, 0) is 9.59 Å². The molecule has 2 amide bonds.